The Balaban J connectivity index is 1.29. The fraction of sp³-hybridized carbons (Fsp3) is 0.344. The summed E-state index contributed by atoms with van der Waals surface area (Å²) in [4.78, 5) is 6.07. The van der Waals surface area contributed by atoms with E-state index in [0.717, 1.165) is 44.3 Å². The highest BCUT2D eigenvalue weighted by molar-refractivity contribution is 7.92. The summed E-state index contributed by atoms with van der Waals surface area (Å²) in [6.45, 7) is 5.91. The molecule has 14 heteroatoms. The van der Waals surface area contributed by atoms with Gasteiger partial charge in [-0.05, 0) is 68.1 Å². The van der Waals surface area contributed by atoms with E-state index in [0.29, 0.717) is 34.9 Å². The molecule has 1 aliphatic heterocycles. The van der Waals surface area contributed by atoms with Crippen molar-refractivity contribution in [1.29, 1.82) is 0 Å². The summed E-state index contributed by atoms with van der Waals surface area (Å²) in [6, 6.07) is 12.4. The monoisotopic (exact) mass is 663 g/mol. The number of piperidine rings is 1. The van der Waals surface area contributed by atoms with E-state index in [-0.39, 0.29) is 17.2 Å². The molecule has 2 heterocycles. The van der Waals surface area contributed by atoms with Gasteiger partial charge in [-0.3, -0.25) is 9.71 Å². The second-order valence-electron chi connectivity index (χ2n) is 10.9. The number of rotatable bonds is 12. The molecule has 1 unspecified atom stereocenters. The molecule has 1 atom stereocenters. The minimum absolute atomic E-state index is 0.234. The molecule has 0 saturated carbocycles. The number of ether oxygens (including phenoxy) is 4. The lowest BCUT2D eigenvalue weighted by Crippen LogP contribution is -2.35. The Kier molecular flexibility index (Phi) is 10.1. The molecule has 3 aromatic carbocycles. The van der Waals surface area contributed by atoms with Gasteiger partial charge in [0.25, 0.3) is 10.0 Å². The summed E-state index contributed by atoms with van der Waals surface area (Å²) >= 11 is 0. The van der Waals surface area contributed by atoms with Crippen LogP contribution >= 0.6 is 0 Å². The number of anilines is 1. The fourth-order valence-corrected chi connectivity index (χ4v) is 6.49. The molecule has 0 aliphatic carbocycles. The first-order valence-electron chi connectivity index (χ1n) is 14.6. The number of nitrogens with zero attached hydrogens (tertiary/aromatic N) is 2. The van der Waals surface area contributed by atoms with Crippen molar-refractivity contribution in [2.45, 2.75) is 37.4 Å². The summed E-state index contributed by atoms with van der Waals surface area (Å²) in [5, 5.41) is 0.513. The molecule has 46 heavy (non-hydrogen) atoms. The quantitative estimate of drug-likeness (QED) is 0.124. The van der Waals surface area contributed by atoms with Crippen LogP contribution in [0.5, 0.6) is 28.7 Å². The van der Waals surface area contributed by atoms with E-state index in [9.17, 15) is 21.6 Å². The van der Waals surface area contributed by atoms with Crippen molar-refractivity contribution in [1.82, 2.24) is 9.88 Å². The van der Waals surface area contributed by atoms with Crippen LogP contribution in [-0.2, 0) is 10.0 Å². The van der Waals surface area contributed by atoms with Crippen molar-refractivity contribution in [3.63, 3.8) is 0 Å². The van der Waals surface area contributed by atoms with E-state index in [2.05, 4.69) is 26.3 Å². The standard InChI is InChI=1S/C32H33F4N3O6S/c1-21-7-5-14-39(20-21)15-6-16-43-30-19-25-23(18-29(30)42-2)26(12-13-37-25)44-27-11-10-22(17-24(27)33)38-46(40,41)31-9-4-3-8-28(31)45-32(34,35)36/h3-4,8-13,17-19,21,38H,5-7,14-16,20H2,1-2H3. The summed E-state index contributed by atoms with van der Waals surface area (Å²) in [7, 11) is -3.07. The van der Waals surface area contributed by atoms with Gasteiger partial charge in [0, 0.05) is 36.8 Å². The van der Waals surface area contributed by atoms with Gasteiger partial charge in [0.2, 0.25) is 0 Å². The number of methoxy groups -OCH3 is 1. The van der Waals surface area contributed by atoms with Gasteiger partial charge in [0.1, 0.15) is 16.4 Å². The molecule has 1 aromatic heterocycles. The largest absolute Gasteiger partial charge is 0.573 e. The summed E-state index contributed by atoms with van der Waals surface area (Å²) < 4.78 is 103. The first-order chi connectivity index (χ1) is 21.9. The van der Waals surface area contributed by atoms with Gasteiger partial charge in [-0.25, -0.2) is 12.8 Å². The first-order valence-corrected chi connectivity index (χ1v) is 16.1. The number of halogens is 4. The lowest BCUT2D eigenvalue weighted by Gasteiger charge is -2.30. The Morgan fingerprint density at radius 2 is 1.80 bits per heavy atom. The highest BCUT2D eigenvalue weighted by Crippen LogP contribution is 2.38. The van der Waals surface area contributed by atoms with Gasteiger partial charge in [0.15, 0.2) is 23.1 Å². The molecule has 0 amide bonds. The Morgan fingerprint density at radius 1 is 1.00 bits per heavy atom. The number of fused-ring (bicyclic) bond motifs is 1. The number of para-hydroxylation sites is 1. The van der Waals surface area contributed by atoms with Crippen LogP contribution < -0.4 is 23.7 Å². The van der Waals surface area contributed by atoms with Crippen LogP contribution in [-0.4, -0.2) is 58.0 Å². The average molecular weight is 664 g/mol. The van der Waals surface area contributed by atoms with E-state index in [4.69, 9.17) is 14.2 Å². The molecule has 1 aliphatic rings. The zero-order valence-electron chi connectivity index (χ0n) is 25.1. The third kappa shape index (κ3) is 8.29. The molecule has 0 bridgehead atoms. The minimum atomic E-state index is -5.11. The predicted molar refractivity (Wildman–Crippen MR) is 164 cm³/mol. The third-order valence-electron chi connectivity index (χ3n) is 7.37. The predicted octanol–water partition coefficient (Wildman–Crippen LogP) is 7.38. The Morgan fingerprint density at radius 3 is 2.54 bits per heavy atom. The van der Waals surface area contributed by atoms with Crippen molar-refractivity contribution in [2.24, 2.45) is 5.92 Å². The second-order valence-corrected chi connectivity index (χ2v) is 12.6. The Hall–Kier alpha value is -4.30. The fourth-order valence-electron chi connectivity index (χ4n) is 5.31. The van der Waals surface area contributed by atoms with Crippen LogP contribution in [0.4, 0.5) is 23.2 Å². The molecule has 1 fully saturated rings. The van der Waals surface area contributed by atoms with Crippen LogP contribution in [0.3, 0.4) is 0 Å². The van der Waals surface area contributed by atoms with Gasteiger partial charge < -0.3 is 23.8 Å². The number of sulfonamides is 1. The van der Waals surface area contributed by atoms with E-state index < -0.39 is 32.8 Å². The van der Waals surface area contributed by atoms with Crippen LogP contribution in [0.2, 0.25) is 0 Å². The normalized spacial score (nSPS) is 15.8. The van der Waals surface area contributed by atoms with Gasteiger partial charge in [-0.2, -0.15) is 0 Å². The van der Waals surface area contributed by atoms with Crippen molar-refractivity contribution >= 4 is 26.6 Å². The first kappa shape index (κ1) is 33.1. The molecule has 9 nitrogen and oxygen atoms in total. The van der Waals surface area contributed by atoms with Crippen molar-refractivity contribution in [3.05, 3.63) is 72.7 Å². The van der Waals surface area contributed by atoms with E-state index in [1.807, 2.05) is 0 Å². The van der Waals surface area contributed by atoms with E-state index >= 15 is 4.39 Å². The van der Waals surface area contributed by atoms with E-state index in [1.165, 1.54) is 56.5 Å². The lowest BCUT2D eigenvalue weighted by molar-refractivity contribution is -0.275. The molecular formula is C32H33F4N3O6S. The molecule has 1 saturated heterocycles. The van der Waals surface area contributed by atoms with Crippen molar-refractivity contribution < 1.29 is 44.9 Å². The maximum Gasteiger partial charge on any atom is 0.573 e. The van der Waals surface area contributed by atoms with Crippen LogP contribution in [0.1, 0.15) is 26.2 Å². The molecule has 5 rings (SSSR count). The van der Waals surface area contributed by atoms with Crippen molar-refractivity contribution in [3.8, 4) is 28.7 Å². The molecule has 4 aromatic rings. The maximum absolute atomic E-state index is 15.2. The molecular weight excluding hydrogens is 630 g/mol. The highest BCUT2D eigenvalue weighted by Gasteiger charge is 2.34. The van der Waals surface area contributed by atoms with Crippen LogP contribution in [0, 0.1) is 11.7 Å². The number of likely N-dealkylation sites (tertiary alicyclic amines) is 1. The SMILES string of the molecule is COc1cc2c(Oc3ccc(NS(=O)(=O)c4ccccc4OC(F)(F)F)cc3F)ccnc2cc1OCCCN1CCCC(C)C1. The highest BCUT2D eigenvalue weighted by atomic mass is 32.2. The third-order valence-corrected chi connectivity index (χ3v) is 8.79. The Labute approximate surface area is 264 Å². The van der Waals surface area contributed by atoms with Gasteiger partial charge in [-0.1, -0.05) is 19.1 Å². The molecule has 0 spiro atoms. The van der Waals surface area contributed by atoms with Crippen LogP contribution in [0.15, 0.2) is 71.8 Å². The Bertz CT molecular complexity index is 1790. The number of nitrogens with one attached hydrogen (secondary N) is 1. The summed E-state index contributed by atoms with van der Waals surface area (Å²) in [6.07, 6.45) is -0.293. The number of hydrogen-bond donors (Lipinski definition) is 1. The number of alkyl halides is 3. The topological polar surface area (TPSA) is 99.2 Å². The van der Waals surface area contributed by atoms with Gasteiger partial charge >= 0.3 is 6.36 Å². The van der Waals surface area contributed by atoms with Crippen LogP contribution in [0.25, 0.3) is 10.9 Å². The number of pyridine rings is 1. The number of benzene rings is 3. The molecule has 1 N–H and O–H groups in total. The number of aromatic nitrogens is 1. The van der Waals surface area contributed by atoms with Crippen molar-refractivity contribution in [2.75, 3.05) is 38.1 Å². The lowest BCUT2D eigenvalue weighted by atomic mass is 10.0. The summed E-state index contributed by atoms with van der Waals surface area (Å²) in [5.74, 6) is -0.186. The smallest absolute Gasteiger partial charge is 0.493 e. The zero-order chi connectivity index (χ0) is 32.9. The second kappa shape index (κ2) is 14.0. The van der Waals surface area contributed by atoms with Gasteiger partial charge in [-0.15, -0.1) is 13.2 Å². The zero-order valence-corrected chi connectivity index (χ0v) is 26.0. The van der Waals surface area contributed by atoms with Gasteiger partial charge in [0.05, 0.1) is 24.9 Å². The average Bonchev–Trinajstić information content (AvgIpc) is 2.99. The minimum Gasteiger partial charge on any atom is -0.493 e. The molecule has 0 radical (unpaired) electrons. The maximum atomic E-state index is 15.2. The molecule has 246 valence electrons. The summed E-state index contributed by atoms with van der Waals surface area (Å²) in [5.41, 5.74) is 0.271. The number of hydrogen-bond acceptors (Lipinski definition) is 8. The van der Waals surface area contributed by atoms with E-state index in [1.54, 1.807) is 12.1 Å².